The van der Waals surface area contributed by atoms with Crippen molar-refractivity contribution in [2.75, 3.05) is 36.9 Å². The maximum atomic E-state index is 13.1. The highest BCUT2D eigenvalue weighted by atomic mass is 19.1. The molecule has 1 N–H and O–H groups in total. The average Bonchev–Trinajstić information content (AvgIpc) is 2.63. The summed E-state index contributed by atoms with van der Waals surface area (Å²) in [5, 5.41) is 2.88. The first-order valence-corrected chi connectivity index (χ1v) is 8.92. The summed E-state index contributed by atoms with van der Waals surface area (Å²) < 4.78 is 13.1. The maximum Gasteiger partial charge on any atom is 0.243 e. The van der Waals surface area contributed by atoms with Gasteiger partial charge in [0.1, 0.15) is 5.82 Å². The van der Waals surface area contributed by atoms with E-state index in [2.05, 4.69) is 5.32 Å². The summed E-state index contributed by atoms with van der Waals surface area (Å²) in [7, 11) is 1.60. The van der Waals surface area contributed by atoms with Gasteiger partial charge in [-0.05, 0) is 56.2 Å². The normalized spacial score (nSPS) is 10.4. The van der Waals surface area contributed by atoms with E-state index in [1.807, 2.05) is 43.9 Å². The first kappa shape index (κ1) is 20.4. The lowest BCUT2D eigenvalue weighted by molar-refractivity contribution is -0.132. The van der Waals surface area contributed by atoms with Crippen LogP contribution in [0.15, 0.2) is 42.5 Å². The van der Waals surface area contributed by atoms with Crippen LogP contribution in [0, 0.1) is 19.7 Å². The van der Waals surface area contributed by atoms with Crippen LogP contribution >= 0.6 is 0 Å². The number of aryl methyl sites for hydroxylation is 2. The number of hydrogen-bond acceptors (Lipinski definition) is 3. The van der Waals surface area contributed by atoms with E-state index in [1.54, 1.807) is 19.2 Å². The zero-order valence-electron chi connectivity index (χ0n) is 16.3. The third-order valence-electron chi connectivity index (χ3n) is 4.45. The van der Waals surface area contributed by atoms with Crippen molar-refractivity contribution in [2.24, 2.45) is 0 Å². The number of nitrogens with one attached hydrogen (secondary N) is 1. The topological polar surface area (TPSA) is 52.7 Å². The molecule has 0 unspecified atom stereocenters. The summed E-state index contributed by atoms with van der Waals surface area (Å²) in [6, 6.07) is 11.8. The Hall–Kier alpha value is -2.89. The molecule has 0 aromatic heterocycles. The van der Waals surface area contributed by atoms with Crippen LogP contribution in [0.2, 0.25) is 0 Å². The minimum Gasteiger partial charge on any atom is -0.362 e. The van der Waals surface area contributed by atoms with E-state index in [1.165, 1.54) is 17.0 Å². The van der Waals surface area contributed by atoms with Crippen molar-refractivity contribution in [2.45, 2.75) is 20.8 Å². The summed E-state index contributed by atoms with van der Waals surface area (Å²) in [6.45, 7) is 6.46. The van der Waals surface area contributed by atoms with Crippen LogP contribution in [0.5, 0.6) is 0 Å². The first-order chi connectivity index (χ1) is 12.8. The zero-order chi connectivity index (χ0) is 20.0. The molecule has 0 bridgehead atoms. The van der Waals surface area contributed by atoms with Crippen LogP contribution in [-0.2, 0) is 9.59 Å². The van der Waals surface area contributed by atoms with Crippen LogP contribution in [0.4, 0.5) is 15.8 Å². The van der Waals surface area contributed by atoms with Gasteiger partial charge in [-0.3, -0.25) is 9.59 Å². The van der Waals surface area contributed by atoms with E-state index in [-0.39, 0.29) is 30.7 Å². The lowest BCUT2D eigenvalue weighted by Crippen LogP contribution is -2.41. The van der Waals surface area contributed by atoms with Crippen molar-refractivity contribution in [3.05, 3.63) is 59.4 Å². The number of amides is 2. The largest absolute Gasteiger partial charge is 0.362 e. The molecule has 0 aliphatic carbocycles. The molecule has 2 aromatic carbocycles. The highest BCUT2D eigenvalue weighted by Crippen LogP contribution is 2.19. The van der Waals surface area contributed by atoms with Crippen LogP contribution in [-0.4, -0.2) is 43.4 Å². The monoisotopic (exact) mass is 371 g/mol. The van der Waals surface area contributed by atoms with Crippen molar-refractivity contribution in [3.63, 3.8) is 0 Å². The van der Waals surface area contributed by atoms with Gasteiger partial charge in [0.05, 0.1) is 13.1 Å². The lowest BCUT2D eigenvalue weighted by atomic mass is 10.1. The molecule has 0 atom stereocenters. The van der Waals surface area contributed by atoms with E-state index in [9.17, 15) is 14.0 Å². The Labute approximate surface area is 159 Å². The first-order valence-electron chi connectivity index (χ1n) is 8.92. The van der Waals surface area contributed by atoms with E-state index in [0.29, 0.717) is 6.54 Å². The molecule has 144 valence electrons. The van der Waals surface area contributed by atoms with Gasteiger partial charge in [-0.2, -0.15) is 0 Å². The summed E-state index contributed by atoms with van der Waals surface area (Å²) in [5.41, 5.74) is 3.50. The molecule has 6 heteroatoms. The Bertz CT molecular complexity index is 785. The minimum absolute atomic E-state index is 0.0341. The molecule has 2 rings (SSSR count). The van der Waals surface area contributed by atoms with E-state index < -0.39 is 0 Å². The third-order valence-corrected chi connectivity index (χ3v) is 4.45. The molecule has 0 heterocycles. The van der Waals surface area contributed by atoms with Gasteiger partial charge in [-0.15, -0.1) is 0 Å². The Balaban J connectivity index is 1.96. The molecule has 27 heavy (non-hydrogen) atoms. The van der Waals surface area contributed by atoms with Gasteiger partial charge >= 0.3 is 0 Å². The number of benzene rings is 2. The predicted octanol–water partition coefficient (Wildman–Crippen LogP) is 3.37. The van der Waals surface area contributed by atoms with Crippen molar-refractivity contribution < 1.29 is 14.0 Å². The summed E-state index contributed by atoms with van der Waals surface area (Å²) in [4.78, 5) is 28.1. The molecule has 2 amide bonds. The van der Waals surface area contributed by atoms with Gasteiger partial charge in [-0.1, -0.05) is 18.2 Å². The quantitative estimate of drug-likeness (QED) is 0.812. The van der Waals surface area contributed by atoms with Crippen molar-refractivity contribution >= 4 is 23.2 Å². The number of para-hydroxylation sites is 1. The molecular formula is C21H26FN3O2. The number of hydrogen-bond donors (Lipinski definition) is 1. The number of likely N-dealkylation sites (N-methyl/N-ethyl adjacent to an activating group) is 2. The Morgan fingerprint density at radius 1 is 1.00 bits per heavy atom. The van der Waals surface area contributed by atoms with Crippen LogP contribution in [0.3, 0.4) is 0 Å². The molecule has 0 spiro atoms. The Kier molecular flexibility index (Phi) is 6.93. The average molecular weight is 371 g/mol. The zero-order valence-corrected chi connectivity index (χ0v) is 16.3. The predicted molar refractivity (Wildman–Crippen MR) is 106 cm³/mol. The van der Waals surface area contributed by atoms with Crippen LogP contribution in [0.25, 0.3) is 0 Å². The molecule has 0 saturated carbocycles. The third kappa shape index (κ3) is 5.54. The molecule has 0 radical (unpaired) electrons. The van der Waals surface area contributed by atoms with Gasteiger partial charge in [0.2, 0.25) is 11.8 Å². The summed E-state index contributed by atoms with van der Waals surface area (Å²) in [6.07, 6.45) is 0. The van der Waals surface area contributed by atoms with E-state index in [4.69, 9.17) is 0 Å². The number of rotatable bonds is 7. The van der Waals surface area contributed by atoms with Crippen LogP contribution in [0.1, 0.15) is 18.1 Å². The van der Waals surface area contributed by atoms with E-state index in [0.717, 1.165) is 22.5 Å². The SMILES string of the molecule is CCN(CC(=O)N(C)CC(=O)Nc1c(C)cccc1C)c1ccc(F)cc1. The fraction of sp³-hybridized carbons (Fsp3) is 0.333. The second-order valence-electron chi connectivity index (χ2n) is 6.56. The highest BCUT2D eigenvalue weighted by molar-refractivity contribution is 5.96. The molecule has 2 aromatic rings. The van der Waals surface area contributed by atoms with Gasteiger partial charge in [0, 0.05) is 25.0 Å². The molecular weight excluding hydrogens is 345 g/mol. The standard InChI is InChI=1S/C21H26FN3O2/c1-5-25(18-11-9-17(22)10-12-18)14-20(27)24(4)13-19(26)23-21-15(2)7-6-8-16(21)3/h6-12H,5,13-14H2,1-4H3,(H,23,26). The van der Waals surface area contributed by atoms with Crippen LogP contribution < -0.4 is 10.2 Å². The molecule has 5 nitrogen and oxygen atoms in total. The van der Waals surface area contributed by atoms with Crippen molar-refractivity contribution in [1.29, 1.82) is 0 Å². The molecule has 0 fully saturated rings. The van der Waals surface area contributed by atoms with Crippen molar-refractivity contribution in [3.8, 4) is 0 Å². The number of nitrogens with zero attached hydrogens (tertiary/aromatic N) is 2. The Morgan fingerprint density at radius 2 is 1.59 bits per heavy atom. The lowest BCUT2D eigenvalue weighted by Gasteiger charge is -2.25. The number of carbonyl (C=O) groups is 2. The minimum atomic E-state index is -0.318. The summed E-state index contributed by atoms with van der Waals surface area (Å²) >= 11 is 0. The van der Waals surface area contributed by atoms with Gasteiger partial charge in [-0.25, -0.2) is 4.39 Å². The Morgan fingerprint density at radius 3 is 2.15 bits per heavy atom. The van der Waals surface area contributed by atoms with E-state index >= 15 is 0 Å². The van der Waals surface area contributed by atoms with Gasteiger partial charge in [0.15, 0.2) is 0 Å². The fourth-order valence-electron chi connectivity index (χ4n) is 2.82. The second-order valence-corrected chi connectivity index (χ2v) is 6.56. The summed E-state index contributed by atoms with van der Waals surface area (Å²) in [5.74, 6) is -0.743. The van der Waals surface area contributed by atoms with Gasteiger partial charge in [0.25, 0.3) is 0 Å². The van der Waals surface area contributed by atoms with Gasteiger partial charge < -0.3 is 15.1 Å². The van der Waals surface area contributed by atoms with Crippen molar-refractivity contribution in [1.82, 2.24) is 4.90 Å². The number of anilines is 2. The molecule has 0 saturated heterocycles. The fourth-order valence-corrected chi connectivity index (χ4v) is 2.82. The number of halogens is 1. The second kappa shape index (κ2) is 9.16. The number of carbonyl (C=O) groups excluding carboxylic acids is 2. The maximum absolute atomic E-state index is 13.1. The smallest absolute Gasteiger partial charge is 0.243 e. The highest BCUT2D eigenvalue weighted by Gasteiger charge is 2.17. The molecule has 0 aliphatic heterocycles. The molecule has 0 aliphatic rings.